The van der Waals surface area contributed by atoms with Crippen LogP contribution in [-0.2, 0) is 9.59 Å². The third kappa shape index (κ3) is 5.75. The lowest BCUT2D eigenvalue weighted by molar-refractivity contribution is -0.175. The number of pyridine rings is 1. The predicted octanol–water partition coefficient (Wildman–Crippen LogP) is 3.42. The van der Waals surface area contributed by atoms with Crippen LogP contribution < -0.4 is 10.6 Å². The van der Waals surface area contributed by atoms with Crippen molar-refractivity contribution in [3.05, 3.63) is 36.4 Å². The maximum absolute atomic E-state index is 13.7. The standard InChI is InChI=1S/C25H30F5N5O3/c1-23(2,3)19(33-22(38)25(28,29)30)20(36)32-17-12-34(8-6-15(17)14-9-24(26,27)10-14)21(37)16-5-4-7-35-13-31-11-18(16)35/h4-5,7,11,13-15,17,19H,6,8-10,12H2,1-3H3,(H,32,36)(H,33,38)/t15-,17+,19+/m0/s1. The zero-order chi connectivity index (χ0) is 28.0. The molecule has 4 rings (SSSR count). The van der Waals surface area contributed by atoms with Crippen LogP contribution in [0.15, 0.2) is 30.9 Å². The molecule has 0 unspecified atom stereocenters. The van der Waals surface area contributed by atoms with Gasteiger partial charge in [-0.1, -0.05) is 20.8 Å². The van der Waals surface area contributed by atoms with Crippen molar-refractivity contribution in [2.24, 2.45) is 17.3 Å². The molecular weight excluding hydrogens is 513 g/mol. The molecule has 3 atom stereocenters. The molecule has 2 N–H and O–H groups in total. The summed E-state index contributed by atoms with van der Waals surface area (Å²) in [4.78, 5) is 43.9. The van der Waals surface area contributed by atoms with Gasteiger partial charge in [-0.3, -0.25) is 14.4 Å². The number of alkyl halides is 5. The summed E-state index contributed by atoms with van der Waals surface area (Å²) in [6.45, 7) is 4.75. The SMILES string of the molecule is CC(C)(C)[C@H](NC(=O)C(F)(F)F)C(=O)N[C@@H]1CN(C(=O)c2cccn3cncc23)CC[C@H]1C1CC(F)(F)C1. The Labute approximate surface area is 215 Å². The van der Waals surface area contributed by atoms with Crippen LogP contribution in [0.5, 0.6) is 0 Å². The van der Waals surface area contributed by atoms with E-state index in [-0.39, 0.29) is 31.8 Å². The van der Waals surface area contributed by atoms with Crippen LogP contribution >= 0.6 is 0 Å². The van der Waals surface area contributed by atoms with Gasteiger partial charge in [-0.15, -0.1) is 0 Å². The molecule has 0 radical (unpaired) electrons. The minimum atomic E-state index is -5.19. The number of imidazole rings is 1. The average Bonchev–Trinajstić information content (AvgIpc) is 3.28. The Morgan fingerprint density at radius 3 is 2.45 bits per heavy atom. The van der Waals surface area contributed by atoms with Crippen LogP contribution in [0.4, 0.5) is 22.0 Å². The van der Waals surface area contributed by atoms with E-state index >= 15 is 0 Å². The number of amides is 3. The fourth-order valence-electron chi connectivity index (χ4n) is 5.34. The molecule has 0 bridgehead atoms. The minimum absolute atomic E-state index is 0.0173. The van der Waals surface area contributed by atoms with Gasteiger partial charge >= 0.3 is 12.1 Å². The predicted molar refractivity (Wildman–Crippen MR) is 126 cm³/mol. The second-order valence-electron chi connectivity index (χ2n) is 11.2. The quantitative estimate of drug-likeness (QED) is 0.565. The summed E-state index contributed by atoms with van der Waals surface area (Å²) in [5.74, 6) is -7.10. The first-order chi connectivity index (χ1) is 17.6. The van der Waals surface area contributed by atoms with Crippen LogP contribution in [0.25, 0.3) is 5.52 Å². The summed E-state index contributed by atoms with van der Waals surface area (Å²) in [7, 11) is 0. The maximum atomic E-state index is 13.7. The van der Waals surface area contributed by atoms with Gasteiger partial charge in [-0.05, 0) is 35.8 Å². The van der Waals surface area contributed by atoms with E-state index < -0.39 is 53.2 Å². The molecule has 208 valence electrons. The molecule has 1 aliphatic carbocycles. The van der Waals surface area contributed by atoms with E-state index in [9.17, 15) is 36.3 Å². The van der Waals surface area contributed by atoms with Crippen LogP contribution in [-0.4, -0.2) is 69.3 Å². The van der Waals surface area contributed by atoms with Gasteiger partial charge in [0, 0.05) is 38.2 Å². The molecule has 2 aliphatic rings. The Morgan fingerprint density at radius 2 is 1.84 bits per heavy atom. The molecular formula is C25H30F5N5O3. The second kappa shape index (κ2) is 9.81. The summed E-state index contributed by atoms with van der Waals surface area (Å²) < 4.78 is 67.9. The number of nitrogens with zero attached hydrogens (tertiary/aromatic N) is 3. The van der Waals surface area contributed by atoms with E-state index in [1.165, 1.54) is 31.9 Å². The van der Waals surface area contributed by atoms with Crippen LogP contribution in [0, 0.1) is 17.3 Å². The molecule has 1 aliphatic heterocycles. The highest BCUT2D eigenvalue weighted by molar-refractivity contribution is 6.00. The molecule has 8 nitrogen and oxygen atoms in total. The number of carbonyl (C=O) groups excluding carboxylic acids is 3. The molecule has 3 heterocycles. The van der Waals surface area contributed by atoms with Crippen molar-refractivity contribution in [2.75, 3.05) is 13.1 Å². The summed E-state index contributed by atoms with van der Waals surface area (Å²) in [6, 6.07) is 0.973. The van der Waals surface area contributed by atoms with Crippen molar-refractivity contribution in [3.63, 3.8) is 0 Å². The number of fused-ring (bicyclic) bond motifs is 1. The summed E-state index contributed by atoms with van der Waals surface area (Å²) >= 11 is 0. The van der Waals surface area contributed by atoms with E-state index in [0.717, 1.165) is 0 Å². The summed E-state index contributed by atoms with van der Waals surface area (Å²) in [5.41, 5.74) is -0.151. The van der Waals surface area contributed by atoms with E-state index in [1.54, 1.807) is 34.4 Å². The van der Waals surface area contributed by atoms with Crippen molar-refractivity contribution >= 4 is 23.2 Å². The first kappa shape index (κ1) is 27.8. The van der Waals surface area contributed by atoms with Gasteiger partial charge in [0.15, 0.2) is 0 Å². The highest BCUT2D eigenvalue weighted by Crippen LogP contribution is 2.48. The Morgan fingerprint density at radius 1 is 1.16 bits per heavy atom. The molecule has 1 saturated carbocycles. The molecule has 2 fully saturated rings. The van der Waals surface area contributed by atoms with Gasteiger partial charge in [-0.25, -0.2) is 13.8 Å². The van der Waals surface area contributed by atoms with Crippen molar-refractivity contribution < 1.29 is 36.3 Å². The minimum Gasteiger partial charge on any atom is -0.349 e. The van der Waals surface area contributed by atoms with Crippen molar-refractivity contribution in [1.29, 1.82) is 0 Å². The fourth-order valence-corrected chi connectivity index (χ4v) is 5.34. The molecule has 38 heavy (non-hydrogen) atoms. The number of nitrogens with one attached hydrogen (secondary N) is 2. The smallest absolute Gasteiger partial charge is 0.349 e. The van der Waals surface area contributed by atoms with Crippen molar-refractivity contribution in [2.45, 2.75) is 64.2 Å². The Kier molecular flexibility index (Phi) is 7.17. The normalized spacial score (nSPS) is 23.0. The van der Waals surface area contributed by atoms with Crippen LogP contribution in [0.3, 0.4) is 0 Å². The number of aromatic nitrogens is 2. The van der Waals surface area contributed by atoms with Crippen LogP contribution in [0.1, 0.15) is 50.4 Å². The Bertz CT molecular complexity index is 1210. The maximum Gasteiger partial charge on any atom is 0.471 e. The molecule has 1 saturated heterocycles. The third-order valence-corrected chi connectivity index (χ3v) is 7.35. The Balaban J connectivity index is 1.56. The van der Waals surface area contributed by atoms with Crippen LogP contribution in [0.2, 0.25) is 0 Å². The van der Waals surface area contributed by atoms with Gasteiger partial charge in [0.25, 0.3) is 5.91 Å². The number of rotatable bonds is 5. The van der Waals surface area contributed by atoms with Gasteiger partial charge < -0.3 is 19.9 Å². The van der Waals surface area contributed by atoms with E-state index in [4.69, 9.17) is 0 Å². The molecule has 3 amide bonds. The summed E-state index contributed by atoms with van der Waals surface area (Å²) in [6.07, 6.45) is -0.775. The highest BCUT2D eigenvalue weighted by Gasteiger charge is 2.52. The topological polar surface area (TPSA) is 95.8 Å². The number of piperidine rings is 1. The summed E-state index contributed by atoms with van der Waals surface area (Å²) in [5, 5.41) is 4.46. The van der Waals surface area contributed by atoms with E-state index in [2.05, 4.69) is 10.3 Å². The lowest BCUT2D eigenvalue weighted by atomic mass is 9.68. The van der Waals surface area contributed by atoms with Crippen molar-refractivity contribution in [1.82, 2.24) is 24.9 Å². The van der Waals surface area contributed by atoms with E-state index in [0.29, 0.717) is 17.5 Å². The largest absolute Gasteiger partial charge is 0.471 e. The molecule has 2 aromatic rings. The molecule has 13 heteroatoms. The Hall–Kier alpha value is -3.25. The van der Waals surface area contributed by atoms with Gasteiger partial charge in [0.2, 0.25) is 11.8 Å². The van der Waals surface area contributed by atoms with Gasteiger partial charge in [0.1, 0.15) is 6.04 Å². The molecule has 0 spiro atoms. The van der Waals surface area contributed by atoms with Gasteiger partial charge in [0.05, 0.1) is 23.6 Å². The van der Waals surface area contributed by atoms with Gasteiger partial charge in [-0.2, -0.15) is 13.2 Å². The molecule has 2 aromatic heterocycles. The first-order valence-corrected chi connectivity index (χ1v) is 12.3. The number of hydrogen-bond acceptors (Lipinski definition) is 4. The monoisotopic (exact) mass is 543 g/mol. The van der Waals surface area contributed by atoms with E-state index in [1.807, 2.05) is 0 Å². The highest BCUT2D eigenvalue weighted by atomic mass is 19.4. The lowest BCUT2D eigenvalue weighted by Crippen LogP contribution is -2.63. The number of hydrogen-bond donors (Lipinski definition) is 2. The first-order valence-electron chi connectivity index (χ1n) is 12.3. The third-order valence-electron chi connectivity index (χ3n) is 7.35. The fraction of sp³-hybridized carbons (Fsp3) is 0.600. The average molecular weight is 544 g/mol. The number of likely N-dealkylation sites (tertiary alicyclic amines) is 1. The zero-order valence-corrected chi connectivity index (χ0v) is 21.2. The number of carbonyl (C=O) groups is 3. The molecule has 0 aromatic carbocycles. The lowest BCUT2D eigenvalue weighted by Gasteiger charge is -2.48. The number of halogens is 5. The zero-order valence-electron chi connectivity index (χ0n) is 21.2. The second-order valence-corrected chi connectivity index (χ2v) is 11.2. The van der Waals surface area contributed by atoms with Crippen molar-refractivity contribution in [3.8, 4) is 0 Å².